The molecule has 0 unspecified atom stereocenters. The van der Waals surface area contributed by atoms with Crippen LogP contribution in [0.5, 0.6) is 0 Å². The van der Waals surface area contributed by atoms with E-state index in [4.69, 9.17) is 11.6 Å². The Morgan fingerprint density at radius 1 is 1.19 bits per heavy atom. The summed E-state index contributed by atoms with van der Waals surface area (Å²) < 4.78 is 1.62. The number of aryl methyl sites for hydroxylation is 1. The minimum atomic E-state index is -0.555. The van der Waals surface area contributed by atoms with Gasteiger partial charge in [0.1, 0.15) is 0 Å². The Kier molecular flexibility index (Phi) is 4.70. The van der Waals surface area contributed by atoms with Gasteiger partial charge in [0.2, 0.25) is 0 Å². The maximum atomic E-state index is 13.2. The third kappa shape index (κ3) is 3.31. The molecule has 3 aromatic rings. The summed E-state index contributed by atoms with van der Waals surface area (Å²) >= 11 is 6.19. The quantitative estimate of drug-likeness (QED) is 0.659. The molecule has 1 N–H and O–H groups in total. The Morgan fingerprint density at radius 3 is 2.69 bits per heavy atom. The lowest BCUT2D eigenvalue weighted by Gasteiger charge is -2.40. The highest BCUT2D eigenvalue weighted by Gasteiger charge is 2.44. The predicted molar refractivity (Wildman–Crippen MR) is 122 cm³/mol. The zero-order valence-electron chi connectivity index (χ0n) is 18.0. The van der Waals surface area contributed by atoms with Gasteiger partial charge in [0.15, 0.2) is 0 Å². The minimum absolute atomic E-state index is 0.0242. The second-order valence-corrected chi connectivity index (χ2v) is 9.21. The molecule has 2 aromatic heterocycles. The van der Waals surface area contributed by atoms with Crippen molar-refractivity contribution in [2.75, 3.05) is 23.3 Å². The summed E-state index contributed by atoms with van der Waals surface area (Å²) in [6.45, 7) is 5.19. The smallest absolute Gasteiger partial charge is 0.259 e. The van der Waals surface area contributed by atoms with Gasteiger partial charge in [0.25, 0.3) is 11.8 Å². The van der Waals surface area contributed by atoms with Crippen molar-refractivity contribution in [1.29, 1.82) is 0 Å². The normalized spacial score (nSPS) is 17.3. The van der Waals surface area contributed by atoms with Gasteiger partial charge in [-0.1, -0.05) is 11.6 Å². The molecule has 0 bridgehead atoms. The number of likely N-dealkylation sites (tertiary alicyclic amines) is 1. The van der Waals surface area contributed by atoms with E-state index in [0.717, 1.165) is 11.3 Å². The molecule has 0 aliphatic carbocycles. The van der Waals surface area contributed by atoms with Gasteiger partial charge in [-0.3, -0.25) is 24.2 Å². The van der Waals surface area contributed by atoms with Gasteiger partial charge in [-0.05, 0) is 43.7 Å². The monoisotopic (exact) mass is 450 g/mol. The number of rotatable bonds is 4. The van der Waals surface area contributed by atoms with Crippen LogP contribution in [0.3, 0.4) is 0 Å². The Labute approximate surface area is 190 Å². The average molecular weight is 451 g/mol. The maximum Gasteiger partial charge on any atom is 0.259 e. The Morgan fingerprint density at radius 2 is 1.97 bits per heavy atom. The number of aromatic nitrogens is 3. The van der Waals surface area contributed by atoms with E-state index in [2.05, 4.69) is 15.4 Å². The number of carbonyl (C=O) groups excluding carboxylic acids is 2. The zero-order chi connectivity index (χ0) is 22.6. The molecule has 2 aliphatic rings. The predicted octanol–water partition coefficient (Wildman–Crippen LogP) is 3.30. The molecule has 1 saturated heterocycles. The van der Waals surface area contributed by atoms with Crippen LogP contribution in [0.1, 0.15) is 40.1 Å². The number of nitrogens with one attached hydrogen (secondary N) is 1. The fraction of sp³-hybridized carbons (Fsp3) is 0.304. The number of halogens is 1. The zero-order valence-corrected chi connectivity index (χ0v) is 18.8. The molecule has 0 saturated carbocycles. The fourth-order valence-corrected chi connectivity index (χ4v) is 4.63. The summed E-state index contributed by atoms with van der Waals surface area (Å²) in [6.07, 6.45) is 6.72. The van der Waals surface area contributed by atoms with Gasteiger partial charge in [-0.15, -0.1) is 0 Å². The third-order valence-corrected chi connectivity index (χ3v) is 6.34. The minimum Gasteiger partial charge on any atom is -0.377 e. The topological polar surface area (TPSA) is 83.4 Å². The largest absolute Gasteiger partial charge is 0.377 e. The summed E-state index contributed by atoms with van der Waals surface area (Å²) in [5.41, 5.74) is 3.10. The van der Waals surface area contributed by atoms with Crippen molar-refractivity contribution in [2.45, 2.75) is 25.4 Å². The number of hydrogen-bond donors (Lipinski definition) is 1. The van der Waals surface area contributed by atoms with E-state index in [1.165, 1.54) is 0 Å². The summed E-state index contributed by atoms with van der Waals surface area (Å²) in [4.78, 5) is 33.5. The molecule has 0 radical (unpaired) electrons. The summed E-state index contributed by atoms with van der Waals surface area (Å²) in [6, 6.07) is 7.41. The second-order valence-electron chi connectivity index (χ2n) is 8.78. The van der Waals surface area contributed by atoms with Crippen molar-refractivity contribution in [2.24, 2.45) is 7.05 Å². The van der Waals surface area contributed by atoms with E-state index in [0.29, 0.717) is 34.9 Å². The number of hydrogen-bond acceptors (Lipinski definition) is 5. The first-order valence-electron chi connectivity index (χ1n) is 10.4. The first-order valence-corrected chi connectivity index (χ1v) is 10.8. The molecule has 1 aromatic carbocycles. The van der Waals surface area contributed by atoms with E-state index < -0.39 is 5.54 Å². The Balaban J connectivity index is 1.30. The van der Waals surface area contributed by atoms with Crippen LogP contribution in [0.25, 0.3) is 0 Å². The standard InChI is InChI=1S/C23H23ClN6O2/c1-23(2)20-6-15(24)4-5-19(20)22(32)30(23)18-7-16(9-25-10-18)27-17-12-29(13-17)21(31)14-8-26-28(3)11-14/h4-11,17,27H,12-13H2,1-3H3. The molecule has 1 fully saturated rings. The second kappa shape index (κ2) is 7.34. The molecule has 2 aliphatic heterocycles. The van der Waals surface area contributed by atoms with Crippen LogP contribution < -0.4 is 10.2 Å². The van der Waals surface area contributed by atoms with Crippen LogP contribution in [0.15, 0.2) is 49.1 Å². The molecule has 4 heterocycles. The van der Waals surface area contributed by atoms with Crippen LogP contribution in [0.4, 0.5) is 11.4 Å². The lowest BCUT2D eigenvalue weighted by molar-refractivity contribution is 0.0625. The van der Waals surface area contributed by atoms with Crippen LogP contribution >= 0.6 is 11.6 Å². The van der Waals surface area contributed by atoms with Crippen LogP contribution in [-0.2, 0) is 12.6 Å². The summed E-state index contributed by atoms with van der Waals surface area (Å²) in [7, 11) is 1.79. The van der Waals surface area contributed by atoms with Crippen LogP contribution in [0, 0.1) is 0 Å². The average Bonchev–Trinajstić information content (AvgIpc) is 3.23. The van der Waals surface area contributed by atoms with Gasteiger partial charge in [-0.25, -0.2) is 0 Å². The molecule has 2 amide bonds. The van der Waals surface area contributed by atoms with Gasteiger partial charge >= 0.3 is 0 Å². The van der Waals surface area contributed by atoms with Crippen molar-refractivity contribution in [3.8, 4) is 0 Å². The fourth-order valence-electron chi connectivity index (χ4n) is 4.46. The van der Waals surface area contributed by atoms with E-state index in [1.807, 2.05) is 26.0 Å². The Bertz CT molecular complexity index is 1230. The Hall–Kier alpha value is -3.39. The highest BCUT2D eigenvalue weighted by Crippen LogP contribution is 2.43. The number of nitrogens with zero attached hydrogens (tertiary/aromatic N) is 5. The molecular formula is C23H23ClN6O2. The van der Waals surface area contributed by atoms with Gasteiger partial charge in [-0.2, -0.15) is 5.10 Å². The highest BCUT2D eigenvalue weighted by atomic mass is 35.5. The lowest BCUT2D eigenvalue weighted by Crippen LogP contribution is -2.57. The number of pyridine rings is 1. The summed E-state index contributed by atoms with van der Waals surface area (Å²) in [5.74, 6) is -0.0960. The van der Waals surface area contributed by atoms with Crippen molar-refractivity contribution in [3.05, 3.63) is 70.8 Å². The number of amides is 2. The van der Waals surface area contributed by atoms with Gasteiger partial charge in [0, 0.05) is 36.9 Å². The molecule has 0 spiro atoms. The highest BCUT2D eigenvalue weighted by molar-refractivity contribution is 6.31. The van der Waals surface area contributed by atoms with E-state index >= 15 is 0 Å². The van der Waals surface area contributed by atoms with Crippen molar-refractivity contribution in [3.63, 3.8) is 0 Å². The number of fused-ring (bicyclic) bond motifs is 1. The van der Waals surface area contributed by atoms with Crippen molar-refractivity contribution < 1.29 is 9.59 Å². The van der Waals surface area contributed by atoms with Gasteiger partial charge < -0.3 is 10.2 Å². The third-order valence-electron chi connectivity index (χ3n) is 6.11. The van der Waals surface area contributed by atoms with E-state index in [1.54, 1.807) is 58.4 Å². The molecule has 164 valence electrons. The molecule has 5 rings (SSSR count). The number of benzene rings is 1. The number of carbonyl (C=O) groups is 2. The van der Waals surface area contributed by atoms with Crippen molar-refractivity contribution >= 4 is 34.8 Å². The number of anilines is 2. The first-order chi connectivity index (χ1) is 15.2. The van der Waals surface area contributed by atoms with Gasteiger partial charge in [0.05, 0.1) is 47.1 Å². The molecule has 9 heteroatoms. The SMILES string of the molecule is Cn1cc(C(=O)N2CC(Nc3cncc(N4C(=O)c5ccc(Cl)cc5C4(C)C)c3)C2)cn1. The molecule has 32 heavy (non-hydrogen) atoms. The molecular weight excluding hydrogens is 428 g/mol. The maximum absolute atomic E-state index is 13.2. The van der Waals surface area contributed by atoms with Crippen LogP contribution in [0.2, 0.25) is 5.02 Å². The lowest BCUT2D eigenvalue weighted by atomic mass is 9.93. The van der Waals surface area contributed by atoms with E-state index in [9.17, 15) is 9.59 Å². The molecule has 8 nitrogen and oxygen atoms in total. The van der Waals surface area contributed by atoms with Crippen LogP contribution in [-0.4, -0.2) is 50.6 Å². The van der Waals surface area contributed by atoms with Crippen molar-refractivity contribution in [1.82, 2.24) is 19.7 Å². The van der Waals surface area contributed by atoms with E-state index in [-0.39, 0.29) is 17.9 Å². The summed E-state index contributed by atoms with van der Waals surface area (Å²) in [5, 5.41) is 8.08. The first kappa shape index (κ1) is 20.5. The molecule has 0 atom stereocenters.